The fourth-order valence-electron chi connectivity index (χ4n) is 5.67. The number of nitrogens with zero attached hydrogens (tertiary/aromatic N) is 1. The van der Waals surface area contributed by atoms with E-state index < -0.39 is 6.10 Å². The molecule has 0 saturated carbocycles. The van der Waals surface area contributed by atoms with Crippen LogP contribution in [0.5, 0.6) is 5.75 Å². The Hall–Kier alpha value is -2.37. The fourth-order valence-corrected chi connectivity index (χ4v) is 6.20. The SMILES string of the molecule is CC(O)c1ccc2c(c1)CCCC(c1ccc(Cl)cc1Cl)=C2c1ccc(OC2CCN(CCCF)C2)cc1. The third kappa shape index (κ3) is 6.10. The predicted octanol–water partition coefficient (Wildman–Crippen LogP) is 8.15. The predicted molar refractivity (Wildman–Crippen MR) is 155 cm³/mol. The third-order valence-corrected chi connectivity index (χ3v) is 8.14. The van der Waals surface area contributed by atoms with Gasteiger partial charge in [0.05, 0.1) is 12.8 Å². The Labute approximate surface area is 234 Å². The van der Waals surface area contributed by atoms with Crippen LogP contribution >= 0.6 is 23.2 Å². The first-order valence-corrected chi connectivity index (χ1v) is 14.2. The Bertz CT molecular complexity index is 1310. The molecule has 2 atom stereocenters. The molecule has 0 amide bonds. The summed E-state index contributed by atoms with van der Waals surface area (Å²) < 4.78 is 18.8. The number of benzene rings is 3. The van der Waals surface area contributed by atoms with Crippen LogP contribution < -0.4 is 4.74 Å². The van der Waals surface area contributed by atoms with Crippen LogP contribution in [0.3, 0.4) is 0 Å². The lowest BCUT2D eigenvalue weighted by Crippen LogP contribution is -2.26. The van der Waals surface area contributed by atoms with Crippen molar-refractivity contribution in [1.82, 2.24) is 4.90 Å². The van der Waals surface area contributed by atoms with Gasteiger partial charge in [0, 0.05) is 29.7 Å². The number of aliphatic hydroxyl groups excluding tert-OH is 1. The highest BCUT2D eigenvalue weighted by molar-refractivity contribution is 6.36. The van der Waals surface area contributed by atoms with Crippen molar-refractivity contribution >= 4 is 34.3 Å². The van der Waals surface area contributed by atoms with Crippen molar-refractivity contribution in [2.24, 2.45) is 0 Å². The van der Waals surface area contributed by atoms with Gasteiger partial charge in [-0.15, -0.1) is 0 Å². The van der Waals surface area contributed by atoms with Crippen LogP contribution in [0.25, 0.3) is 11.1 Å². The number of alkyl halides is 1. The molecule has 6 heteroatoms. The summed E-state index contributed by atoms with van der Waals surface area (Å²) in [5, 5.41) is 11.5. The minimum absolute atomic E-state index is 0.126. The zero-order valence-electron chi connectivity index (χ0n) is 21.7. The number of hydrogen-bond acceptors (Lipinski definition) is 3. The third-order valence-electron chi connectivity index (χ3n) is 7.59. The highest BCUT2D eigenvalue weighted by atomic mass is 35.5. The second kappa shape index (κ2) is 12.2. The number of rotatable bonds is 8. The highest BCUT2D eigenvalue weighted by Gasteiger charge is 2.25. The lowest BCUT2D eigenvalue weighted by atomic mass is 9.87. The zero-order valence-corrected chi connectivity index (χ0v) is 23.2. The van der Waals surface area contributed by atoms with E-state index in [9.17, 15) is 9.50 Å². The van der Waals surface area contributed by atoms with E-state index >= 15 is 0 Å². The highest BCUT2D eigenvalue weighted by Crippen LogP contribution is 2.43. The lowest BCUT2D eigenvalue weighted by molar-refractivity contribution is 0.198. The standard InChI is InChI=1S/C32H34Cl2FNO2/c1-21(37)23-8-12-28-24(18-23)4-2-5-30(29-13-9-25(33)19-31(29)34)32(28)22-6-10-26(11-7-22)38-27-14-17-36(20-27)16-3-15-35/h6-13,18-19,21,27,37H,2-5,14-17,20H2,1H3. The van der Waals surface area contributed by atoms with Gasteiger partial charge in [0.2, 0.25) is 0 Å². The Morgan fingerprint density at radius 2 is 1.82 bits per heavy atom. The number of likely N-dealkylation sites (tertiary alicyclic amines) is 1. The van der Waals surface area contributed by atoms with E-state index in [0.29, 0.717) is 16.5 Å². The molecule has 200 valence electrons. The quantitative estimate of drug-likeness (QED) is 0.305. The number of hydrogen-bond donors (Lipinski definition) is 1. The largest absolute Gasteiger partial charge is 0.489 e. The van der Waals surface area contributed by atoms with Gasteiger partial charge in [-0.25, -0.2) is 0 Å². The minimum atomic E-state index is -0.513. The summed E-state index contributed by atoms with van der Waals surface area (Å²) in [6.45, 7) is 4.11. The lowest BCUT2D eigenvalue weighted by Gasteiger charge is -2.19. The van der Waals surface area contributed by atoms with Crippen molar-refractivity contribution in [2.45, 2.75) is 51.2 Å². The van der Waals surface area contributed by atoms with Gasteiger partial charge in [0.1, 0.15) is 11.9 Å². The van der Waals surface area contributed by atoms with Gasteiger partial charge < -0.3 is 9.84 Å². The smallest absolute Gasteiger partial charge is 0.119 e. The topological polar surface area (TPSA) is 32.7 Å². The second-order valence-electron chi connectivity index (χ2n) is 10.3. The monoisotopic (exact) mass is 553 g/mol. The van der Waals surface area contributed by atoms with Crippen LogP contribution in [0.1, 0.15) is 66.5 Å². The molecule has 1 N–H and O–H groups in total. The second-order valence-corrected chi connectivity index (χ2v) is 11.2. The molecule has 3 aromatic carbocycles. The van der Waals surface area contributed by atoms with Crippen molar-refractivity contribution in [1.29, 1.82) is 0 Å². The van der Waals surface area contributed by atoms with Crippen LogP contribution in [-0.4, -0.2) is 42.4 Å². The van der Waals surface area contributed by atoms with Gasteiger partial charge in [0.15, 0.2) is 0 Å². The minimum Gasteiger partial charge on any atom is -0.489 e. The first-order valence-electron chi connectivity index (χ1n) is 13.5. The summed E-state index contributed by atoms with van der Waals surface area (Å²) in [5.41, 5.74) is 7.78. The zero-order chi connectivity index (χ0) is 26.6. The summed E-state index contributed by atoms with van der Waals surface area (Å²) in [6, 6.07) is 20.3. The summed E-state index contributed by atoms with van der Waals surface area (Å²) in [7, 11) is 0. The van der Waals surface area contributed by atoms with Crippen molar-refractivity contribution in [2.75, 3.05) is 26.3 Å². The molecule has 2 aliphatic rings. The van der Waals surface area contributed by atoms with E-state index in [-0.39, 0.29) is 12.8 Å². The van der Waals surface area contributed by atoms with Gasteiger partial charge >= 0.3 is 0 Å². The maximum absolute atomic E-state index is 12.5. The summed E-state index contributed by atoms with van der Waals surface area (Å²) in [6.07, 6.45) is 3.94. The van der Waals surface area contributed by atoms with Gasteiger partial charge in [0.25, 0.3) is 0 Å². The van der Waals surface area contributed by atoms with Gasteiger partial charge in [-0.3, -0.25) is 9.29 Å². The van der Waals surface area contributed by atoms with Crippen LogP contribution in [0.4, 0.5) is 4.39 Å². The van der Waals surface area contributed by atoms with Crippen molar-refractivity contribution in [3.05, 3.63) is 98.5 Å². The molecule has 1 aliphatic heterocycles. The molecule has 1 aliphatic carbocycles. The molecule has 0 radical (unpaired) electrons. The molecule has 2 unspecified atom stereocenters. The van der Waals surface area contributed by atoms with E-state index in [2.05, 4.69) is 29.2 Å². The molecule has 0 spiro atoms. The van der Waals surface area contributed by atoms with Crippen LogP contribution in [0, 0.1) is 0 Å². The molecule has 1 heterocycles. The van der Waals surface area contributed by atoms with E-state index in [0.717, 1.165) is 73.3 Å². The summed E-state index contributed by atoms with van der Waals surface area (Å²) in [4.78, 5) is 2.27. The molecular weight excluding hydrogens is 520 g/mol. The maximum atomic E-state index is 12.5. The Morgan fingerprint density at radius 3 is 2.55 bits per heavy atom. The molecule has 0 aromatic heterocycles. The van der Waals surface area contributed by atoms with Gasteiger partial charge in [-0.1, -0.05) is 59.6 Å². The van der Waals surface area contributed by atoms with Crippen molar-refractivity contribution < 1.29 is 14.2 Å². The number of allylic oxidation sites excluding steroid dienone is 1. The van der Waals surface area contributed by atoms with Crippen LogP contribution in [0.2, 0.25) is 10.0 Å². The van der Waals surface area contributed by atoms with Gasteiger partial charge in [-0.2, -0.15) is 0 Å². The molecular formula is C32H34Cl2FNO2. The summed E-state index contributed by atoms with van der Waals surface area (Å²) >= 11 is 13.0. The Kier molecular flexibility index (Phi) is 8.74. The number of halogens is 3. The molecule has 0 bridgehead atoms. The van der Waals surface area contributed by atoms with Crippen LogP contribution in [-0.2, 0) is 6.42 Å². The first kappa shape index (κ1) is 27.2. The molecule has 3 aromatic rings. The summed E-state index contributed by atoms with van der Waals surface area (Å²) in [5.74, 6) is 0.844. The fraction of sp³-hybridized carbons (Fsp3) is 0.375. The number of ether oxygens (including phenoxy) is 1. The Morgan fingerprint density at radius 1 is 1.03 bits per heavy atom. The molecule has 1 fully saturated rings. The van der Waals surface area contributed by atoms with E-state index in [4.69, 9.17) is 27.9 Å². The number of aliphatic hydroxyl groups is 1. The molecule has 5 rings (SSSR count). The average Bonchev–Trinajstić information content (AvgIpc) is 3.26. The van der Waals surface area contributed by atoms with E-state index in [1.807, 2.05) is 30.3 Å². The number of fused-ring (bicyclic) bond motifs is 1. The molecule has 1 saturated heterocycles. The average molecular weight is 555 g/mol. The van der Waals surface area contributed by atoms with E-state index in [1.54, 1.807) is 13.0 Å². The van der Waals surface area contributed by atoms with Crippen LogP contribution in [0.15, 0.2) is 60.7 Å². The van der Waals surface area contributed by atoms with Crippen molar-refractivity contribution in [3.8, 4) is 5.75 Å². The van der Waals surface area contributed by atoms with Crippen molar-refractivity contribution in [3.63, 3.8) is 0 Å². The van der Waals surface area contributed by atoms with E-state index in [1.165, 1.54) is 16.7 Å². The first-order chi connectivity index (χ1) is 18.4. The normalized spacial score (nSPS) is 18.8. The molecule has 38 heavy (non-hydrogen) atoms. The Balaban J connectivity index is 1.51. The maximum Gasteiger partial charge on any atom is 0.119 e. The van der Waals surface area contributed by atoms with Gasteiger partial charge in [-0.05, 0) is 102 Å². The molecule has 3 nitrogen and oxygen atoms in total. The number of aryl methyl sites for hydroxylation is 1.